The van der Waals surface area contributed by atoms with Gasteiger partial charge < -0.3 is 15.0 Å². The smallest absolute Gasteiger partial charge is 0.0593 e. The van der Waals surface area contributed by atoms with Crippen LogP contribution in [0.15, 0.2) is 0 Å². The number of hydrogen-bond acceptors (Lipinski definition) is 3. The van der Waals surface area contributed by atoms with Crippen molar-refractivity contribution in [2.45, 2.75) is 38.6 Å². The zero-order valence-electron chi connectivity index (χ0n) is 10.3. The van der Waals surface area contributed by atoms with E-state index in [1.54, 1.807) is 0 Å². The van der Waals surface area contributed by atoms with Gasteiger partial charge in [-0.2, -0.15) is 0 Å². The van der Waals surface area contributed by atoms with Crippen LogP contribution in [-0.4, -0.2) is 50.8 Å². The van der Waals surface area contributed by atoms with E-state index in [0.29, 0.717) is 0 Å². The van der Waals surface area contributed by atoms with Crippen LogP contribution in [0.1, 0.15) is 32.6 Å². The molecule has 3 heteroatoms. The highest BCUT2D eigenvalue weighted by molar-refractivity contribution is 4.74. The van der Waals surface area contributed by atoms with Crippen molar-refractivity contribution in [1.82, 2.24) is 10.2 Å². The summed E-state index contributed by atoms with van der Waals surface area (Å²) >= 11 is 0. The number of rotatable bonds is 8. The molecule has 1 fully saturated rings. The van der Waals surface area contributed by atoms with E-state index < -0.39 is 0 Å². The average molecular weight is 214 g/mol. The summed E-state index contributed by atoms with van der Waals surface area (Å²) in [4.78, 5) is 2.37. The van der Waals surface area contributed by atoms with E-state index in [2.05, 4.69) is 17.3 Å². The van der Waals surface area contributed by atoms with Gasteiger partial charge in [-0.1, -0.05) is 0 Å². The van der Waals surface area contributed by atoms with Gasteiger partial charge >= 0.3 is 0 Å². The van der Waals surface area contributed by atoms with Crippen LogP contribution >= 0.6 is 0 Å². The summed E-state index contributed by atoms with van der Waals surface area (Å²) in [6, 6.07) is 0.797. The summed E-state index contributed by atoms with van der Waals surface area (Å²) in [6.07, 6.45) is 5.38. The predicted molar refractivity (Wildman–Crippen MR) is 64.2 cm³/mol. The van der Waals surface area contributed by atoms with E-state index in [1.165, 1.54) is 38.8 Å². The molecule has 0 radical (unpaired) electrons. The first-order chi connectivity index (χ1) is 7.33. The van der Waals surface area contributed by atoms with Gasteiger partial charge in [-0.15, -0.1) is 0 Å². The van der Waals surface area contributed by atoms with Crippen LogP contribution in [0.2, 0.25) is 0 Å². The Morgan fingerprint density at radius 2 is 2.27 bits per heavy atom. The minimum Gasteiger partial charge on any atom is -0.380 e. The number of ether oxygens (including phenoxy) is 1. The molecule has 0 bridgehead atoms. The fourth-order valence-electron chi connectivity index (χ4n) is 2.09. The Kier molecular flexibility index (Phi) is 6.98. The van der Waals surface area contributed by atoms with Gasteiger partial charge in [-0.3, -0.25) is 0 Å². The molecule has 1 rings (SSSR count). The zero-order chi connectivity index (χ0) is 10.9. The highest BCUT2D eigenvalue weighted by Crippen LogP contribution is 2.10. The highest BCUT2D eigenvalue weighted by Gasteiger charge is 2.13. The lowest BCUT2D eigenvalue weighted by Gasteiger charge is -2.17. The van der Waals surface area contributed by atoms with Crippen molar-refractivity contribution in [3.63, 3.8) is 0 Å². The van der Waals surface area contributed by atoms with Crippen molar-refractivity contribution in [2.24, 2.45) is 0 Å². The molecular formula is C12H26N2O. The summed E-state index contributed by atoms with van der Waals surface area (Å²) in [5.74, 6) is 0. The van der Waals surface area contributed by atoms with E-state index in [-0.39, 0.29) is 0 Å². The summed E-state index contributed by atoms with van der Waals surface area (Å²) in [6.45, 7) is 7.24. The van der Waals surface area contributed by atoms with Crippen molar-refractivity contribution in [3.8, 4) is 0 Å². The third kappa shape index (κ3) is 6.13. The molecule has 0 amide bonds. The molecule has 1 aliphatic rings. The van der Waals surface area contributed by atoms with Crippen LogP contribution < -0.4 is 5.32 Å². The van der Waals surface area contributed by atoms with Crippen LogP contribution in [0.3, 0.4) is 0 Å². The Morgan fingerprint density at radius 1 is 1.40 bits per heavy atom. The second kappa shape index (κ2) is 8.08. The van der Waals surface area contributed by atoms with Gasteiger partial charge in [-0.05, 0) is 52.7 Å². The van der Waals surface area contributed by atoms with Crippen molar-refractivity contribution in [3.05, 3.63) is 0 Å². The van der Waals surface area contributed by atoms with E-state index in [0.717, 1.165) is 25.8 Å². The Hall–Kier alpha value is -0.120. The standard InChI is InChI=1S/C12H26N2O/c1-3-15-11-10-14(2)9-5-7-12-6-4-8-13-12/h12-13H,3-11H2,1-2H3. The number of hydrogen-bond donors (Lipinski definition) is 1. The van der Waals surface area contributed by atoms with E-state index >= 15 is 0 Å². The van der Waals surface area contributed by atoms with Gasteiger partial charge in [0.25, 0.3) is 0 Å². The van der Waals surface area contributed by atoms with Crippen molar-refractivity contribution in [2.75, 3.05) is 39.9 Å². The molecule has 1 unspecified atom stereocenters. The molecular weight excluding hydrogens is 188 g/mol. The maximum atomic E-state index is 5.33. The second-order valence-electron chi connectivity index (χ2n) is 4.44. The molecule has 0 aromatic rings. The normalized spacial score (nSPS) is 21.4. The molecule has 1 aliphatic heterocycles. The lowest BCUT2D eigenvalue weighted by Crippen LogP contribution is -2.27. The first-order valence-electron chi connectivity index (χ1n) is 6.32. The quantitative estimate of drug-likeness (QED) is 0.620. The Balaban J connectivity index is 1.89. The van der Waals surface area contributed by atoms with Gasteiger partial charge in [0.1, 0.15) is 0 Å². The lowest BCUT2D eigenvalue weighted by atomic mass is 10.1. The molecule has 0 aromatic heterocycles. The first kappa shape index (κ1) is 12.9. The molecule has 0 aromatic carbocycles. The summed E-state index contributed by atoms with van der Waals surface area (Å²) in [5, 5.41) is 3.54. The van der Waals surface area contributed by atoms with Crippen LogP contribution in [-0.2, 0) is 4.74 Å². The largest absolute Gasteiger partial charge is 0.380 e. The van der Waals surface area contributed by atoms with E-state index in [9.17, 15) is 0 Å². The van der Waals surface area contributed by atoms with Crippen LogP contribution in [0.25, 0.3) is 0 Å². The van der Waals surface area contributed by atoms with Crippen LogP contribution in [0.4, 0.5) is 0 Å². The molecule has 1 N–H and O–H groups in total. The summed E-state index contributed by atoms with van der Waals surface area (Å²) in [5.41, 5.74) is 0. The summed E-state index contributed by atoms with van der Waals surface area (Å²) in [7, 11) is 2.18. The van der Waals surface area contributed by atoms with Gasteiger partial charge in [0, 0.05) is 19.2 Å². The molecule has 90 valence electrons. The fourth-order valence-corrected chi connectivity index (χ4v) is 2.09. The predicted octanol–water partition coefficient (Wildman–Crippen LogP) is 1.49. The van der Waals surface area contributed by atoms with Gasteiger partial charge in [0.15, 0.2) is 0 Å². The first-order valence-corrected chi connectivity index (χ1v) is 6.32. The third-order valence-corrected chi connectivity index (χ3v) is 3.08. The fraction of sp³-hybridized carbons (Fsp3) is 1.00. The van der Waals surface area contributed by atoms with Gasteiger partial charge in [0.05, 0.1) is 6.61 Å². The Morgan fingerprint density at radius 3 is 2.93 bits per heavy atom. The maximum Gasteiger partial charge on any atom is 0.0593 e. The van der Waals surface area contributed by atoms with Crippen molar-refractivity contribution in [1.29, 1.82) is 0 Å². The SMILES string of the molecule is CCOCCN(C)CCCC1CCCN1. The second-order valence-corrected chi connectivity index (χ2v) is 4.44. The Bertz CT molecular complexity index is 147. The lowest BCUT2D eigenvalue weighted by molar-refractivity contribution is 0.121. The highest BCUT2D eigenvalue weighted by atomic mass is 16.5. The van der Waals surface area contributed by atoms with E-state index in [1.807, 2.05) is 6.92 Å². The minimum atomic E-state index is 0.797. The number of likely N-dealkylation sites (N-methyl/N-ethyl adjacent to an activating group) is 1. The maximum absolute atomic E-state index is 5.33. The van der Waals surface area contributed by atoms with Crippen LogP contribution in [0.5, 0.6) is 0 Å². The Labute approximate surface area is 94.2 Å². The van der Waals surface area contributed by atoms with Crippen molar-refractivity contribution >= 4 is 0 Å². The molecule has 0 saturated carbocycles. The number of nitrogens with one attached hydrogen (secondary N) is 1. The summed E-state index contributed by atoms with van der Waals surface area (Å²) < 4.78 is 5.33. The molecule has 1 atom stereocenters. The zero-order valence-corrected chi connectivity index (χ0v) is 10.3. The molecule has 1 saturated heterocycles. The topological polar surface area (TPSA) is 24.5 Å². The minimum absolute atomic E-state index is 0.797. The van der Waals surface area contributed by atoms with Crippen LogP contribution in [0, 0.1) is 0 Å². The molecule has 3 nitrogen and oxygen atoms in total. The van der Waals surface area contributed by atoms with Gasteiger partial charge in [0.2, 0.25) is 0 Å². The monoisotopic (exact) mass is 214 g/mol. The van der Waals surface area contributed by atoms with Crippen molar-refractivity contribution < 1.29 is 4.74 Å². The van der Waals surface area contributed by atoms with Gasteiger partial charge in [-0.25, -0.2) is 0 Å². The number of nitrogens with zero attached hydrogens (tertiary/aromatic N) is 1. The third-order valence-electron chi connectivity index (χ3n) is 3.08. The molecule has 1 heterocycles. The molecule has 0 spiro atoms. The van der Waals surface area contributed by atoms with E-state index in [4.69, 9.17) is 4.74 Å². The average Bonchev–Trinajstić information content (AvgIpc) is 2.71. The molecule has 0 aliphatic carbocycles. The molecule has 15 heavy (non-hydrogen) atoms.